The standard InChI is InChI=1S/C18H17F4N3O4S/c19-13-2-1-10(18(26)24-11-6-14(20)17(22)15(21)7-11)5-16(13)30(27,28)25-3-4-29-9-12(25)8-23/h1-2,5-7,12H,3-4,8-9,23H2,(H,24,26). The van der Waals surface area contributed by atoms with Gasteiger partial charge < -0.3 is 15.8 Å². The van der Waals surface area contributed by atoms with Crippen molar-refractivity contribution < 1.29 is 35.5 Å². The first kappa shape index (κ1) is 22.2. The summed E-state index contributed by atoms with van der Waals surface area (Å²) in [5.74, 6) is -6.81. The zero-order valence-corrected chi connectivity index (χ0v) is 16.2. The Morgan fingerprint density at radius 2 is 1.80 bits per heavy atom. The number of ether oxygens (including phenoxy) is 1. The van der Waals surface area contributed by atoms with Gasteiger partial charge in [0.25, 0.3) is 5.91 Å². The molecular formula is C18H17F4N3O4S. The van der Waals surface area contributed by atoms with E-state index in [0.29, 0.717) is 12.1 Å². The molecule has 2 aromatic rings. The largest absolute Gasteiger partial charge is 0.378 e. The van der Waals surface area contributed by atoms with E-state index in [1.54, 1.807) is 0 Å². The van der Waals surface area contributed by atoms with Gasteiger partial charge in [0.1, 0.15) is 10.7 Å². The third kappa shape index (κ3) is 4.31. The molecular weight excluding hydrogens is 430 g/mol. The van der Waals surface area contributed by atoms with Gasteiger partial charge in [-0.15, -0.1) is 0 Å². The smallest absolute Gasteiger partial charge is 0.255 e. The molecule has 0 bridgehead atoms. The van der Waals surface area contributed by atoms with Crippen LogP contribution in [0.2, 0.25) is 0 Å². The van der Waals surface area contributed by atoms with Crippen LogP contribution < -0.4 is 11.1 Å². The molecule has 7 nitrogen and oxygen atoms in total. The number of halogens is 4. The van der Waals surface area contributed by atoms with Crippen LogP contribution in [0.15, 0.2) is 35.2 Å². The van der Waals surface area contributed by atoms with Gasteiger partial charge in [-0.3, -0.25) is 4.79 Å². The number of anilines is 1. The first-order chi connectivity index (χ1) is 14.1. The number of carbonyl (C=O) groups is 1. The van der Waals surface area contributed by atoms with Crippen LogP contribution in [0.4, 0.5) is 23.2 Å². The molecule has 1 fully saturated rings. The van der Waals surface area contributed by atoms with E-state index in [1.807, 2.05) is 0 Å². The Morgan fingerprint density at radius 3 is 2.43 bits per heavy atom. The second kappa shape index (κ2) is 8.68. The number of nitrogens with zero attached hydrogens (tertiary/aromatic N) is 1. The van der Waals surface area contributed by atoms with Crippen LogP contribution in [-0.4, -0.2) is 51.0 Å². The Bertz CT molecular complexity index is 1060. The lowest BCUT2D eigenvalue weighted by atomic mass is 10.2. The van der Waals surface area contributed by atoms with Crippen molar-refractivity contribution in [3.63, 3.8) is 0 Å². The quantitative estimate of drug-likeness (QED) is 0.538. The van der Waals surface area contributed by atoms with Crippen LogP contribution in [0.3, 0.4) is 0 Å². The molecule has 0 aliphatic carbocycles. The van der Waals surface area contributed by atoms with Gasteiger partial charge in [0.2, 0.25) is 10.0 Å². The van der Waals surface area contributed by atoms with Crippen molar-refractivity contribution in [2.75, 3.05) is 31.6 Å². The van der Waals surface area contributed by atoms with Crippen molar-refractivity contribution in [3.05, 3.63) is 59.2 Å². The summed E-state index contributed by atoms with van der Waals surface area (Å²) in [7, 11) is -4.35. The van der Waals surface area contributed by atoms with Crippen molar-refractivity contribution in [2.45, 2.75) is 10.9 Å². The monoisotopic (exact) mass is 447 g/mol. The number of morpholine rings is 1. The molecule has 3 rings (SSSR count). The summed E-state index contributed by atoms with van der Waals surface area (Å²) in [5.41, 5.74) is 4.88. The highest BCUT2D eigenvalue weighted by molar-refractivity contribution is 7.89. The average Bonchev–Trinajstić information content (AvgIpc) is 2.72. The second-order valence-corrected chi connectivity index (χ2v) is 8.29. The summed E-state index contributed by atoms with van der Waals surface area (Å²) < 4.78 is 86.1. The van der Waals surface area contributed by atoms with Gasteiger partial charge in [0, 0.05) is 36.5 Å². The van der Waals surface area contributed by atoms with Gasteiger partial charge in [-0.25, -0.2) is 26.0 Å². The van der Waals surface area contributed by atoms with Crippen LogP contribution in [0.1, 0.15) is 10.4 Å². The van der Waals surface area contributed by atoms with E-state index < -0.39 is 55.8 Å². The Hall–Kier alpha value is -2.54. The van der Waals surface area contributed by atoms with E-state index in [4.69, 9.17) is 10.5 Å². The Labute approximate surface area is 169 Å². The highest BCUT2D eigenvalue weighted by Gasteiger charge is 2.35. The zero-order chi connectivity index (χ0) is 22.1. The number of nitrogens with one attached hydrogen (secondary N) is 1. The number of rotatable bonds is 5. The maximum absolute atomic E-state index is 14.4. The molecule has 1 aliphatic heterocycles. The van der Waals surface area contributed by atoms with E-state index in [0.717, 1.165) is 22.5 Å². The van der Waals surface area contributed by atoms with Gasteiger partial charge in [-0.05, 0) is 18.2 Å². The molecule has 1 atom stereocenters. The molecule has 1 aliphatic rings. The van der Waals surface area contributed by atoms with Crippen molar-refractivity contribution in [3.8, 4) is 0 Å². The van der Waals surface area contributed by atoms with Gasteiger partial charge in [-0.2, -0.15) is 4.31 Å². The predicted molar refractivity (Wildman–Crippen MR) is 98.2 cm³/mol. The molecule has 0 saturated carbocycles. The van der Waals surface area contributed by atoms with Crippen molar-refractivity contribution >= 4 is 21.6 Å². The molecule has 30 heavy (non-hydrogen) atoms. The van der Waals surface area contributed by atoms with Gasteiger partial charge in [-0.1, -0.05) is 0 Å². The minimum atomic E-state index is -4.35. The molecule has 1 saturated heterocycles. The van der Waals surface area contributed by atoms with Crippen LogP contribution in [0.5, 0.6) is 0 Å². The predicted octanol–water partition coefficient (Wildman–Crippen LogP) is 1.84. The van der Waals surface area contributed by atoms with Gasteiger partial charge in [0.15, 0.2) is 17.5 Å². The summed E-state index contributed by atoms with van der Waals surface area (Å²) in [6.07, 6.45) is 0. The minimum absolute atomic E-state index is 0.0409. The Balaban J connectivity index is 1.92. The summed E-state index contributed by atoms with van der Waals surface area (Å²) in [5, 5.41) is 2.11. The lowest BCUT2D eigenvalue weighted by molar-refractivity contribution is 0.0357. The van der Waals surface area contributed by atoms with Crippen molar-refractivity contribution in [1.29, 1.82) is 0 Å². The van der Waals surface area contributed by atoms with Crippen LogP contribution >= 0.6 is 0 Å². The molecule has 12 heteroatoms. The van der Waals surface area contributed by atoms with Crippen LogP contribution in [0, 0.1) is 23.3 Å². The van der Waals surface area contributed by atoms with Gasteiger partial charge >= 0.3 is 0 Å². The highest BCUT2D eigenvalue weighted by Crippen LogP contribution is 2.25. The fourth-order valence-corrected chi connectivity index (χ4v) is 4.64. The fourth-order valence-electron chi connectivity index (χ4n) is 2.94. The number of hydrogen-bond donors (Lipinski definition) is 2. The third-order valence-corrected chi connectivity index (χ3v) is 6.43. The summed E-state index contributed by atoms with van der Waals surface area (Å²) >= 11 is 0. The summed E-state index contributed by atoms with van der Waals surface area (Å²) in [4.78, 5) is 11.6. The SMILES string of the molecule is NCC1COCCN1S(=O)(=O)c1cc(C(=O)Nc2cc(F)c(F)c(F)c2)ccc1F. The van der Waals surface area contributed by atoms with E-state index in [9.17, 15) is 30.8 Å². The molecule has 0 radical (unpaired) electrons. The number of hydrogen-bond acceptors (Lipinski definition) is 5. The normalized spacial score (nSPS) is 17.7. The first-order valence-electron chi connectivity index (χ1n) is 8.70. The summed E-state index contributed by atoms with van der Waals surface area (Å²) in [6.45, 7) is 0.0371. The van der Waals surface area contributed by atoms with Crippen molar-refractivity contribution in [2.24, 2.45) is 5.73 Å². The molecule has 0 aromatic heterocycles. The van der Waals surface area contributed by atoms with E-state index in [2.05, 4.69) is 5.32 Å². The molecule has 1 amide bonds. The maximum atomic E-state index is 14.4. The van der Waals surface area contributed by atoms with Gasteiger partial charge in [0.05, 0.1) is 19.3 Å². The van der Waals surface area contributed by atoms with E-state index in [-0.39, 0.29) is 31.9 Å². The second-order valence-electron chi connectivity index (χ2n) is 6.43. The summed E-state index contributed by atoms with van der Waals surface area (Å²) in [6, 6.07) is 2.99. The lowest BCUT2D eigenvalue weighted by Gasteiger charge is -2.33. The maximum Gasteiger partial charge on any atom is 0.255 e. The number of sulfonamides is 1. The zero-order valence-electron chi connectivity index (χ0n) is 15.4. The van der Waals surface area contributed by atoms with E-state index >= 15 is 0 Å². The Kier molecular flexibility index (Phi) is 6.41. The topological polar surface area (TPSA) is 102 Å². The first-order valence-corrected chi connectivity index (χ1v) is 10.1. The number of nitrogens with two attached hydrogens (primary N) is 1. The number of amides is 1. The third-order valence-electron chi connectivity index (χ3n) is 4.47. The fraction of sp³-hybridized carbons (Fsp3) is 0.278. The van der Waals surface area contributed by atoms with Crippen molar-refractivity contribution in [1.82, 2.24) is 4.31 Å². The lowest BCUT2D eigenvalue weighted by Crippen LogP contribution is -2.52. The van der Waals surface area contributed by atoms with E-state index in [1.165, 1.54) is 0 Å². The highest BCUT2D eigenvalue weighted by atomic mass is 32.2. The molecule has 0 spiro atoms. The number of carbonyl (C=O) groups excluding carboxylic acids is 1. The van der Waals surface area contributed by atoms with Crippen LogP contribution in [-0.2, 0) is 14.8 Å². The molecule has 2 aromatic carbocycles. The average molecular weight is 447 g/mol. The van der Waals surface area contributed by atoms with Crippen LogP contribution in [0.25, 0.3) is 0 Å². The Morgan fingerprint density at radius 1 is 1.13 bits per heavy atom. The minimum Gasteiger partial charge on any atom is -0.378 e. The number of benzene rings is 2. The molecule has 162 valence electrons. The molecule has 3 N–H and O–H groups in total. The molecule has 1 unspecified atom stereocenters. The molecule has 1 heterocycles.